The van der Waals surface area contributed by atoms with Crippen molar-refractivity contribution in [3.8, 4) is 0 Å². The van der Waals surface area contributed by atoms with Gasteiger partial charge in [-0.25, -0.2) is 4.79 Å². The SMILES string of the molecule is Cc1ccc(NC(=O)NCC2CCCN(C(=O)[C@@H]3CCC[C@@H]3CN)C2)cc1.Cl. The fraction of sp³-hybridized carbons (Fsp3) is 0.619. The van der Waals surface area contributed by atoms with Crippen molar-refractivity contribution in [3.05, 3.63) is 29.8 Å². The summed E-state index contributed by atoms with van der Waals surface area (Å²) in [7, 11) is 0. The van der Waals surface area contributed by atoms with Crippen LogP contribution in [0.15, 0.2) is 24.3 Å². The number of rotatable bonds is 5. The summed E-state index contributed by atoms with van der Waals surface area (Å²) < 4.78 is 0. The van der Waals surface area contributed by atoms with Crippen LogP contribution in [-0.2, 0) is 4.79 Å². The van der Waals surface area contributed by atoms with Crippen molar-refractivity contribution in [2.75, 3.05) is 31.5 Å². The number of urea groups is 1. The van der Waals surface area contributed by atoms with Gasteiger partial charge in [0.15, 0.2) is 0 Å². The number of hydrogen-bond donors (Lipinski definition) is 3. The zero-order valence-electron chi connectivity index (χ0n) is 16.7. The molecule has 0 bridgehead atoms. The highest BCUT2D eigenvalue weighted by Crippen LogP contribution is 2.33. The first-order chi connectivity index (χ1) is 13.1. The molecule has 1 heterocycles. The largest absolute Gasteiger partial charge is 0.342 e. The van der Waals surface area contributed by atoms with Gasteiger partial charge in [-0.05, 0) is 63.1 Å². The van der Waals surface area contributed by atoms with E-state index < -0.39 is 0 Å². The molecule has 6 nitrogen and oxygen atoms in total. The van der Waals surface area contributed by atoms with Crippen LogP contribution >= 0.6 is 12.4 Å². The molecule has 1 aromatic carbocycles. The number of nitrogens with zero attached hydrogens (tertiary/aromatic N) is 1. The molecular weight excluding hydrogens is 376 g/mol. The second-order valence-corrected chi connectivity index (χ2v) is 8.03. The van der Waals surface area contributed by atoms with Crippen LogP contribution in [0.25, 0.3) is 0 Å². The van der Waals surface area contributed by atoms with E-state index in [-0.39, 0.29) is 30.3 Å². The molecule has 4 N–H and O–H groups in total. The standard InChI is InChI=1S/C21H32N4O2.ClH/c1-15-7-9-18(10-8-15)24-21(27)23-13-16-4-3-11-25(14-16)20(26)19-6-2-5-17(19)12-22;/h7-10,16-17,19H,2-6,11-14,22H2,1H3,(H2,23,24,27);1H/t16?,17-,19-;/m1./s1. The molecule has 1 aliphatic heterocycles. The molecular formula is C21H33ClN4O2. The summed E-state index contributed by atoms with van der Waals surface area (Å²) in [6.07, 6.45) is 5.19. The quantitative estimate of drug-likeness (QED) is 0.699. The Labute approximate surface area is 174 Å². The van der Waals surface area contributed by atoms with E-state index in [1.807, 2.05) is 36.1 Å². The van der Waals surface area contributed by atoms with Gasteiger partial charge in [0.2, 0.25) is 5.91 Å². The Balaban J connectivity index is 0.00000280. The maximum absolute atomic E-state index is 12.9. The van der Waals surface area contributed by atoms with Gasteiger partial charge in [0, 0.05) is 31.2 Å². The van der Waals surface area contributed by atoms with E-state index in [1.54, 1.807) is 0 Å². The molecule has 1 aromatic rings. The minimum absolute atomic E-state index is 0. The monoisotopic (exact) mass is 408 g/mol. The van der Waals surface area contributed by atoms with Crippen LogP contribution in [0, 0.1) is 24.7 Å². The summed E-state index contributed by atoms with van der Waals surface area (Å²) >= 11 is 0. The number of halogens is 1. The number of nitrogens with one attached hydrogen (secondary N) is 2. The summed E-state index contributed by atoms with van der Waals surface area (Å²) in [5.74, 6) is 1.03. The van der Waals surface area contributed by atoms with Gasteiger partial charge >= 0.3 is 6.03 Å². The van der Waals surface area contributed by atoms with Crippen LogP contribution in [0.3, 0.4) is 0 Å². The van der Waals surface area contributed by atoms with Gasteiger partial charge in [-0.15, -0.1) is 12.4 Å². The summed E-state index contributed by atoms with van der Waals surface area (Å²) in [6.45, 7) is 4.78. The van der Waals surface area contributed by atoms with Gasteiger partial charge < -0.3 is 21.3 Å². The average Bonchev–Trinajstić information content (AvgIpc) is 3.16. The van der Waals surface area contributed by atoms with Gasteiger partial charge in [-0.2, -0.15) is 0 Å². The number of piperidine rings is 1. The zero-order valence-corrected chi connectivity index (χ0v) is 17.5. The van der Waals surface area contributed by atoms with Crippen LogP contribution in [0.1, 0.15) is 37.7 Å². The minimum atomic E-state index is -0.193. The van der Waals surface area contributed by atoms with Crippen molar-refractivity contribution < 1.29 is 9.59 Å². The first-order valence-corrected chi connectivity index (χ1v) is 10.2. The third kappa shape index (κ3) is 5.85. The van der Waals surface area contributed by atoms with Crippen molar-refractivity contribution in [3.63, 3.8) is 0 Å². The lowest BCUT2D eigenvalue weighted by Gasteiger charge is -2.35. The molecule has 156 valence electrons. The van der Waals surface area contributed by atoms with E-state index in [0.29, 0.717) is 24.9 Å². The number of aryl methyl sites for hydroxylation is 1. The Morgan fingerprint density at radius 1 is 1.14 bits per heavy atom. The Hall–Kier alpha value is -1.79. The van der Waals surface area contributed by atoms with E-state index in [0.717, 1.165) is 56.4 Å². The summed E-state index contributed by atoms with van der Waals surface area (Å²) in [6, 6.07) is 7.54. The molecule has 7 heteroatoms. The number of benzene rings is 1. The van der Waals surface area contributed by atoms with Crippen LogP contribution in [0.5, 0.6) is 0 Å². The van der Waals surface area contributed by atoms with Crippen LogP contribution in [-0.4, -0.2) is 43.0 Å². The first-order valence-electron chi connectivity index (χ1n) is 10.2. The van der Waals surface area contributed by atoms with E-state index in [4.69, 9.17) is 5.73 Å². The van der Waals surface area contributed by atoms with Gasteiger partial charge in [0.25, 0.3) is 0 Å². The smallest absolute Gasteiger partial charge is 0.319 e. The predicted molar refractivity (Wildman–Crippen MR) is 115 cm³/mol. The number of nitrogens with two attached hydrogens (primary N) is 1. The van der Waals surface area contributed by atoms with Crippen molar-refractivity contribution >= 4 is 30.0 Å². The fourth-order valence-electron chi connectivity index (χ4n) is 4.36. The van der Waals surface area contributed by atoms with Gasteiger partial charge in [-0.3, -0.25) is 4.79 Å². The second kappa shape index (κ2) is 10.7. The highest BCUT2D eigenvalue weighted by molar-refractivity contribution is 5.89. The number of amides is 3. The first kappa shape index (κ1) is 22.5. The molecule has 0 aromatic heterocycles. The average molecular weight is 409 g/mol. The van der Waals surface area contributed by atoms with Crippen molar-refractivity contribution in [2.24, 2.45) is 23.5 Å². The molecule has 2 fully saturated rings. The lowest BCUT2D eigenvalue weighted by Crippen LogP contribution is -2.47. The minimum Gasteiger partial charge on any atom is -0.342 e. The molecule has 1 saturated carbocycles. The summed E-state index contributed by atoms with van der Waals surface area (Å²) in [4.78, 5) is 27.0. The number of anilines is 1. The third-order valence-electron chi connectivity index (χ3n) is 5.97. The Kier molecular flexibility index (Phi) is 8.58. The lowest BCUT2D eigenvalue weighted by atomic mass is 9.92. The number of likely N-dealkylation sites (tertiary alicyclic amines) is 1. The maximum Gasteiger partial charge on any atom is 0.319 e. The van der Waals surface area contributed by atoms with Crippen LogP contribution in [0.4, 0.5) is 10.5 Å². The summed E-state index contributed by atoms with van der Waals surface area (Å²) in [5.41, 5.74) is 7.79. The molecule has 3 atom stereocenters. The number of carbonyl (C=O) groups is 2. The molecule has 0 radical (unpaired) electrons. The lowest BCUT2D eigenvalue weighted by molar-refractivity contribution is -0.138. The van der Waals surface area contributed by atoms with E-state index in [2.05, 4.69) is 10.6 Å². The molecule has 1 unspecified atom stereocenters. The van der Waals surface area contributed by atoms with Gasteiger partial charge in [0.05, 0.1) is 0 Å². The molecule has 0 spiro atoms. The van der Waals surface area contributed by atoms with Crippen molar-refractivity contribution in [2.45, 2.75) is 39.0 Å². The normalized spacial score (nSPS) is 24.4. The molecule has 3 amide bonds. The van der Waals surface area contributed by atoms with E-state index >= 15 is 0 Å². The molecule has 1 aliphatic carbocycles. The van der Waals surface area contributed by atoms with Gasteiger partial charge in [-0.1, -0.05) is 24.1 Å². The van der Waals surface area contributed by atoms with Crippen LogP contribution < -0.4 is 16.4 Å². The van der Waals surface area contributed by atoms with Crippen LogP contribution in [0.2, 0.25) is 0 Å². The number of carbonyl (C=O) groups excluding carboxylic acids is 2. The Morgan fingerprint density at radius 2 is 1.89 bits per heavy atom. The predicted octanol–water partition coefficient (Wildman–Crippen LogP) is 3.15. The maximum atomic E-state index is 12.9. The highest BCUT2D eigenvalue weighted by Gasteiger charge is 2.36. The Morgan fingerprint density at radius 3 is 2.61 bits per heavy atom. The van der Waals surface area contributed by atoms with Gasteiger partial charge in [0.1, 0.15) is 0 Å². The second-order valence-electron chi connectivity index (χ2n) is 8.03. The Bertz CT molecular complexity index is 652. The van der Waals surface area contributed by atoms with Crippen molar-refractivity contribution in [1.29, 1.82) is 0 Å². The number of hydrogen-bond acceptors (Lipinski definition) is 3. The zero-order chi connectivity index (χ0) is 19.2. The molecule has 1 saturated heterocycles. The van der Waals surface area contributed by atoms with E-state index in [9.17, 15) is 9.59 Å². The molecule has 28 heavy (non-hydrogen) atoms. The van der Waals surface area contributed by atoms with Crippen molar-refractivity contribution in [1.82, 2.24) is 10.2 Å². The third-order valence-corrected chi connectivity index (χ3v) is 5.97. The fourth-order valence-corrected chi connectivity index (χ4v) is 4.36. The van der Waals surface area contributed by atoms with E-state index in [1.165, 1.54) is 0 Å². The molecule has 3 rings (SSSR count). The molecule has 2 aliphatic rings. The summed E-state index contributed by atoms with van der Waals surface area (Å²) in [5, 5.41) is 5.81. The topological polar surface area (TPSA) is 87.5 Å². The highest BCUT2D eigenvalue weighted by atomic mass is 35.5.